The minimum atomic E-state index is 0.719. The number of fused-ring (bicyclic) bond motifs is 2. The molecular formula is C24H32ClN3O. The number of hydrogen-bond donors (Lipinski definition) is 1. The second kappa shape index (κ2) is 11.2. The number of benzene rings is 2. The molecule has 0 aliphatic carbocycles. The van der Waals surface area contributed by atoms with Crippen LogP contribution in [0.3, 0.4) is 0 Å². The molecule has 1 aromatic heterocycles. The Morgan fingerprint density at radius 1 is 0.966 bits per heavy atom. The van der Waals surface area contributed by atoms with Gasteiger partial charge in [-0.05, 0) is 50.2 Å². The molecule has 0 spiro atoms. The van der Waals surface area contributed by atoms with Crippen molar-refractivity contribution >= 4 is 39.1 Å². The molecule has 1 heterocycles. The number of ether oxygens (including phenoxy) is 1. The lowest BCUT2D eigenvalue weighted by atomic mass is 10.1. The highest BCUT2D eigenvalue weighted by molar-refractivity contribution is 6.18. The number of pyridine rings is 1. The molecule has 5 heteroatoms. The predicted octanol–water partition coefficient (Wildman–Crippen LogP) is 5.93. The maximum atomic E-state index is 5.85. The van der Waals surface area contributed by atoms with Crippen LogP contribution in [0.25, 0.3) is 21.8 Å². The normalized spacial score (nSPS) is 11.4. The largest absolute Gasteiger partial charge is 0.497 e. The summed E-state index contributed by atoms with van der Waals surface area (Å²) in [6.07, 6.45) is 4.88. The van der Waals surface area contributed by atoms with Crippen LogP contribution in [0.4, 0.5) is 5.69 Å². The van der Waals surface area contributed by atoms with Crippen molar-refractivity contribution in [3.8, 4) is 5.75 Å². The van der Waals surface area contributed by atoms with Gasteiger partial charge in [-0.25, -0.2) is 4.98 Å². The maximum Gasteiger partial charge on any atom is 0.119 e. The summed E-state index contributed by atoms with van der Waals surface area (Å²) in [6.45, 7) is 6.38. The number of nitrogens with zero attached hydrogens (tertiary/aromatic N) is 2. The molecule has 2 aromatic carbocycles. The first kappa shape index (κ1) is 21.7. The van der Waals surface area contributed by atoms with Crippen LogP contribution in [-0.2, 0) is 0 Å². The van der Waals surface area contributed by atoms with Crippen LogP contribution in [0.1, 0.15) is 32.6 Å². The van der Waals surface area contributed by atoms with E-state index in [0.29, 0.717) is 0 Å². The lowest BCUT2D eigenvalue weighted by Gasteiger charge is -2.18. The van der Waals surface area contributed by atoms with Crippen molar-refractivity contribution in [2.24, 2.45) is 0 Å². The van der Waals surface area contributed by atoms with Crippen LogP contribution in [0.2, 0.25) is 0 Å². The third-order valence-electron chi connectivity index (χ3n) is 5.44. The van der Waals surface area contributed by atoms with Gasteiger partial charge in [0.25, 0.3) is 0 Å². The van der Waals surface area contributed by atoms with E-state index < -0.39 is 0 Å². The molecule has 3 aromatic rings. The summed E-state index contributed by atoms with van der Waals surface area (Å²) < 4.78 is 5.44. The van der Waals surface area contributed by atoms with Crippen molar-refractivity contribution in [2.75, 3.05) is 44.5 Å². The SMILES string of the molecule is CCN(CCCl)CCCCCCNc1c2ccccc2nc2ccc(OC)cc12. The van der Waals surface area contributed by atoms with E-state index in [4.69, 9.17) is 21.3 Å². The topological polar surface area (TPSA) is 37.4 Å². The molecule has 3 rings (SSSR count). The van der Waals surface area contributed by atoms with Crippen LogP contribution >= 0.6 is 11.6 Å². The number of anilines is 1. The Kier molecular flexibility index (Phi) is 8.38. The minimum absolute atomic E-state index is 0.719. The fourth-order valence-electron chi connectivity index (χ4n) is 3.76. The fourth-order valence-corrected chi connectivity index (χ4v) is 4.00. The van der Waals surface area contributed by atoms with Gasteiger partial charge >= 0.3 is 0 Å². The number of nitrogens with one attached hydrogen (secondary N) is 1. The molecule has 4 nitrogen and oxygen atoms in total. The smallest absolute Gasteiger partial charge is 0.119 e. The lowest BCUT2D eigenvalue weighted by molar-refractivity contribution is 0.297. The van der Waals surface area contributed by atoms with Crippen LogP contribution in [0.15, 0.2) is 42.5 Å². The summed E-state index contributed by atoms with van der Waals surface area (Å²) in [7, 11) is 1.70. The third-order valence-corrected chi connectivity index (χ3v) is 5.61. The Bertz CT molecular complexity index is 915. The highest BCUT2D eigenvalue weighted by atomic mass is 35.5. The van der Waals surface area contributed by atoms with Gasteiger partial charge in [0.05, 0.1) is 23.8 Å². The van der Waals surface area contributed by atoms with Gasteiger partial charge in [0.1, 0.15) is 5.75 Å². The lowest BCUT2D eigenvalue weighted by Crippen LogP contribution is -2.26. The van der Waals surface area contributed by atoms with Crippen LogP contribution in [0.5, 0.6) is 5.75 Å². The van der Waals surface area contributed by atoms with E-state index in [0.717, 1.165) is 71.7 Å². The number of alkyl halides is 1. The number of halogens is 1. The second-order valence-electron chi connectivity index (χ2n) is 7.35. The van der Waals surface area contributed by atoms with Gasteiger partial charge in [0.15, 0.2) is 0 Å². The molecule has 0 atom stereocenters. The van der Waals surface area contributed by atoms with E-state index >= 15 is 0 Å². The van der Waals surface area contributed by atoms with Crippen molar-refractivity contribution in [1.82, 2.24) is 9.88 Å². The molecule has 0 bridgehead atoms. The Morgan fingerprint density at radius 2 is 1.76 bits per heavy atom. The zero-order valence-corrected chi connectivity index (χ0v) is 18.3. The molecule has 0 saturated heterocycles. The predicted molar refractivity (Wildman–Crippen MR) is 126 cm³/mol. The Balaban J connectivity index is 1.61. The van der Waals surface area contributed by atoms with E-state index in [1.54, 1.807) is 7.11 Å². The van der Waals surface area contributed by atoms with Crippen molar-refractivity contribution in [3.63, 3.8) is 0 Å². The van der Waals surface area contributed by atoms with Gasteiger partial charge in [0.2, 0.25) is 0 Å². The minimum Gasteiger partial charge on any atom is -0.497 e. The molecule has 0 radical (unpaired) electrons. The van der Waals surface area contributed by atoms with E-state index in [2.05, 4.69) is 41.4 Å². The highest BCUT2D eigenvalue weighted by Gasteiger charge is 2.10. The summed E-state index contributed by atoms with van der Waals surface area (Å²) in [5.41, 5.74) is 3.17. The molecule has 1 N–H and O–H groups in total. The van der Waals surface area contributed by atoms with Gasteiger partial charge in [0, 0.05) is 29.7 Å². The van der Waals surface area contributed by atoms with Gasteiger partial charge in [-0.1, -0.05) is 38.0 Å². The summed E-state index contributed by atoms with van der Waals surface area (Å²) >= 11 is 5.85. The average Bonchev–Trinajstić information content (AvgIpc) is 2.76. The highest BCUT2D eigenvalue weighted by Crippen LogP contribution is 2.33. The first-order valence-corrected chi connectivity index (χ1v) is 11.2. The first-order valence-electron chi connectivity index (χ1n) is 10.7. The van der Waals surface area contributed by atoms with Gasteiger partial charge < -0.3 is 15.0 Å². The van der Waals surface area contributed by atoms with Crippen LogP contribution < -0.4 is 10.1 Å². The summed E-state index contributed by atoms with van der Waals surface area (Å²) in [6, 6.07) is 14.4. The molecule has 0 fully saturated rings. The number of aromatic nitrogens is 1. The number of rotatable bonds is 12. The summed E-state index contributed by atoms with van der Waals surface area (Å²) in [5.74, 6) is 1.58. The summed E-state index contributed by atoms with van der Waals surface area (Å²) in [5, 5.41) is 5.96. The Hall–Kier alpha value is -2.04. The number of unbranched alkanes of at least 4 members (excludes halogenated alkanes) is 3. The molecule has 156 valence electrons. The molecular weight excluding hydrogens is 382 g/mol. The standard InChI is InChI=1S/C24H32ClN3O/c1-3-28(17-14-25)16-9-5-4-8-15-26-24-20-10-6-7-11-22(20)27-23-13-12-19(29-2)18-21(23)24/h6-7,10-13,18H,3-5,8-9,14-17H2,1-2H3,(H,26,27). The molecule has 0 aliphatic rings. The molecule has 0 saturated carbocycles. The van der Waals surface area contributed by atoms with Gasteiger partial charge in [-0.2, -0.15) is 0 Å². The van der Waals surface area contributed by atoms with E-state index in [-0.39, 0.29) is 0 Å². The summed E-state index contributed by atoms with van der Waals surface area (Å²) in [4.78, 5) is 7.24. The second-order valence-corrected chi connectivity index (χ2v) is 7.73. The molecule has 29 heavy (non-hydrogen) atoms. The van der Waals surface area contributed by atoms with Gasteiger partial charge in [-0.3, -0.25) is 0 Å². The Morgan fingerprint density at radius 3 is 2.55 bits per heavy atom. The number of methoxy groups -OCH3 is 1. The van der Waals surface area contributed by atoms with Crippen molar-refractivity contribution in [1.29, 1.82) is 0 Å². The van der Waals surface area contributed by atoms with Crippen LogP contribution in [0, 0.1) is 0 Å². The van der Waals surface area contributed by atoms with Crippen molar-refractivity contribution < 1.29 is 4.74 Å². The fraction of sp³-hybridized carbons (Fsp3) is 0.458. The quantitative estimate of drug-likeness (QED) is 0.227. The van der Waals surface area contributed by atoms with E-state index in [1.807, 2.05) is 18.2 Å². The maximum absolute atomic E-state index is 5.85. The average molecular weight is 414 g/mol. The monoisotopic (exact) mass is 413 g/mol. The van der Waals surface area contributed by atoms with Gasteiger partial charge in [-0.15, -0.1) is 11.6 Å². The zero-order chi connectivity index (χ0) is 20.5. The van der Waals surface area contributed by atoms with Crippen molar-refractivity contribution in [3.05, 3.63) is 42.5 Å². The molecule has 0 amide bonds. The van der Waals surface area contributed by atoms with Crippen molar-refractivity contribution in [2.45, 2.75) is 32.6 Å². The number of hydrogen-bond acceptors (Lipinski definition) is 4. The third kappa shape index (κ3) is 5.74. The molecule has 0 aliphatic heterocycles. The first-order chi connectivity index (χ1) is 14.3. The molecule has 0 unspecified atom stereocenters. The van der Waals surface area contributed by atoms with Crippen LogP contribution in [-0.4, -0.2) is 49.1 Å². The Labute approximate surface area is 179 Å². The van der Waals surface area contributed by atoms with E-state index in [9.17, 15) is 0 Å². The van der Waals surface area contributed by atoms with E-state index in [1.165, 1.54) is 19.3 Å². The zero-order valence-electron chi connectivity index (χ0n) is 17.6. The number of para-hydroxylation sites is 1.